The van der Waals surface area contributed by atoms with Crippen molar-refractivity contribution in [3.63, 3.8) is 0 Å². The van der Waals surface area contributed by atoms with Gasteiger partial charge >= 0.3 is 5.97 Å². The third-order valence-corrected chi connectivity index (χ3v) is 3.25. The van der Waals surface area contributed by atoms with Gasteiger partial charge in [-0.05, 0) is 38.4 Å². The van der Waals surface area contributed by atoms with Crippen LogP contribution in [-0.4, -0.2) is 47.3 Å². The van der Waals surface area contributed by atoms with Gasteiger partial charge in [-0.3, -0.25) is 4.90 Å². The molecule has 1 aliphatic heterocycles. The van der Waals surface area contributed by atoms with E-state index in [0.29, 0.717) is 12.6 Å². The summed E-state index contributed by atoms with van der Waals surface area (Å²) in [6.07, 6.45) is 3.78. The monoisotopic (exact) mass is 264 g/mol. The highest BCUT2D eigenvalue weighted by molar-refractivity contribution is 5.85. The first-order valence-electron chi connectivity index (χ1n) is 6.64. The number of aromatic nitrogens is 1. The van der Waals surface area contributed by atoms with E-state index in [1.807, 2.05) is 13.1 Å². The summed E-state index contributed by atoms with van der Waals surface area (Å²) in [6, 6.07) is 5.09. The topological polar surface area (TPSA) is 62.7 Å². The Labute approximate surface area is 113 Å². The minimum atomic E-state index is -0.986. The van der Waals surface area contributed by atoms with Crippen molar-refractivity contribution in [1.29, 1.82) is 0 Å². The molecule has 1 aliphatic rings. The molecule has 0 aromatic carbocycles. The van der Waals surface area contributed by atoms with Crippen LogP contribution in [0.1, 0.15) is 35.4 Å². The van der Waals surface area contributed by atoms with Gasteiger partial charge in [0.25, 0.3) is 0 Å². The summed E-state index contributed by atoms with van der Waals surface area (Å²) in [4.78, 5) is 17.1. The number of rotatable bonds is 5. The molecule has 5 heteroatoms. The zero-order valence-electron chi connectivity index (χ0n) is 11.2. The van der Waals surface area contributed by atoms with Gasteiger partial charge in [0.2, 0.25) is 0 Å². The SMILES string of the molecule is CN(Cc1cccc(C(=O)O)n1)CC1CCCCO1. The molecule has 1 aromatic heterocycles. The Hall–Kier alpha value is -1.46. The lowest BCUT2D eigenvalue weighted by atomic mass is 10.1. The van der Waals surface area contributed by atoms with Crippen LogP contribution >= 0.6 is 0 Å². The maximum Gasteiger partial charge on any atom is 0.354 e. The molecule has 0 radical (unpaired) electrons. The van der Waals surface area contributed by atoms with Crippen molar-refractivity contribution in [2.75, 3.05) is 20.2 Å². The lowest BCUT2D eigenvalue weighted by Crippen LogP contribution is -2.33. The van der Waals surface area contributed by atoms with E-state index in [1.54, 1.807) is 6.07 Å². The summed E-state index contributed by atoms with van der Waals surface area (Å²) in [6.45, 7) is 2.35. The highest BCUT2D eigenvalue weighted by Gasteiger charge is 2.16. The number of hydrogen-bond donors (Lipinski definition) is 1. The van der Waals surface area contributed by atoms with Crippen LogP contribution in [0, 0.1) is 0 Å². The van der Waals surface area contributed by atoms with Gasteiger partial charge in [-0.1, -0.05) is 6.07 Å². The fourth-order valence-corrected chi connectivity index (χ4v) is 2.33. The van der Waals surface area contributed by atoms with Crippen LogP contribution in [0.25, 0.3) is 0 Å². The second kappa shape index (κ2) is 6.63. The third kappa shape index (κ3) is 4.29. The normalized spacial score (nSPS) is 19.6. The molecule has 1 atom stereocenters. The molecule has 2 rings (SSSR count). The average molecular weight is 264 g/mol. The van der Waals surface area contributed by atoms with Crippen molar-refractivity contribution in [2.45, 2.75) is 31.9 Å². The maximum atomic E-state index is 10.9. The molecular formula is C14H20N2O3. The van der Waals surface area contributed by atoms with Gasteiger partial charge in [0, 0.05) is 19.7 Å². The Kier molecular flexibility index (Phi) is 4.87. The molecule has 0 saturated carbocycles. The van der Waals surface area contributed by atoms with E-state index < -0.39 is 5.97 Å². The molecule has 104 valence electrons. The zero-order chi connectivity index (χ0) is 13.7. The van der Waals surface area contributed by atoms with Crippen LogP contribution in [0.2, 0.25) is 0 Å². The summed E-state index contributed by atoms with van der Waals surface area (Å²) in [7, 11) is 2.01. The largest absolute Gasteiger partial charge is 0.477 e. The third-order valence-electron chi connectivity index (χ3n) is 3.25. The highest BCUT2D eigenvalue weighted by Crippen LogP contribution is 2.14. The Morgan fingerprint density at radius 3 is 3.05 bits per heavy atom. The molecule has 0 aliphatic carbocycles. The van der Waals surface area contributed by atoms with Gasteiger partial charge < -0.3 is 9.84 Å². The van der Waals surface area contributed by atoms with Crippen LogP contribution < -0.4 is 0 Å². The van der Waals surface area contributed by atoms with E-state index in [4.69, 9.17) is 9.84 Å². The molecule has 0 spiro atoms. The molecule has 0 amide bonds. The predicted molar refractivity (Wildman–Crippen MR) is 71.1 cm³/mol. The number of carboxylic acids is 1. The number of carboxylic acid groups (broad SMARTS) is 1. The second-order valence-corrected chi connectivity index (χ2v) is 5.00. The molecule has 1 N–H and O–H groups in total. The smallest absolute Gasteiger partial charge is 0.354 e. The van der Waals surface area contributed by atoms with Gasteiger partial charge in [-0.15, -0.1) is 0 Å². The second-order valence-electron chi connectivity index (χ2n) is 5.00. The van der Waals surface area contributed by atoms with Crippen molar-refractivity contribution >= 4 is 5.97 Å². The molecule has 2 heterocycles. The van der Waals surface area contributed by atoms with Crippen molar-refractivity contribution < 1.29 is 14.6 Å². The summed E-state index contributed by atoms with van der Waals surface area (Å²) in [5, 5.41) is 8.91. The average Bonchev–Trinajstić information content (AvgIpc) is 2.40. The number of nitrogens with zero attached hydrogens (tertiary/aromatic N) is 2. The van der Waals surface area contributed by atoms with E-state index in [2.05, 4.69) is 9.88 Å². The first-order valence-corrected chi connectivity index (χ1v) is 6.64. The first kappa shape index (κ1) is 14.0. The maximum absolute atomic E-state index is 10.9. The van der Waals surface area contributed by atoms with E-state index in [1.165, 1.54) is 12.5 Å². The van der Waals surface area contributed by atoms with Gasteiger partial charge in [0.05, 0.1) is 11.8 Å². The van der Waals surface area contributed by atoms with Crippen LogP contribution in [0.5, 0.6) is 0 Å². The van der Waals surface area contributed by atoms with Crippen molar-refractivity contribution in [3.8, 4) is 0 Å². The number of carbonyl (C=O) groups is 1. The zero-order valence-corrected chi connectivity index (χ0v) is 11.2. The fraction of sp³-hybridized carbons (Fsp3) is 0.571. The Morgan fingerprint density at radius 2 is 2.37 bits per heavy atom. The van der Waals surface area contributed by atoms with E-state index in [0.717, 1.165) is 31.7 Å². The number of ether oxygens (including phenoxy) is 1. The van der Waals surface area contributed by atoms with Gasteiger partial charge in [0.15, 0.2) is 0 Å². The molecule has 1 unspecified atom stereocenters. The lowest BCUT2D eigenvalue weighted by molar-refractivity contribution is -0.00276. The quantitative estimate of drug-likeness (QED) is 0.878. The molecule has 5 nitrogen and oxygen atoms in total. The predicted octanol–water partition coefficient (Wildman–Crippen LogP) is 1.78. The summed E-state index contributed by atoms with van der Waals surface area (Å²) in [5.41, 5.74) is 0.873. The van der Waals surface area contributed by atoms with Crippen LogP contribution in [0.3, 0.4) is 0 Å². The minimum absolute atomic E-state index is 0.0971. The van der Waals surface area contributed by atoms with Gasteiger partial charge in [0.1, 0.15) is 5.69 Å². The molecule has 1 saturated heterocycles. The lowest BCUT2D eigenvalue weighted by Gasteiger charge is -2.27. The van der Waals surface area contributed by atoms with Crippen LogP contribution in [-0.2, 0) is 11.3 Å². The number of aromatic carboxylic acids is 1. The summed E-state index contributed by atoms with van der Waals surface area (Å²) < 4.78 is 5.69. The van der Waals surface area contributed by atoms with Gasteiger partial charge in [-0.25, -0.2) is 9.78 Å². The molecule has 1 aromatic rings. The van der Waals surface area contributed by atoms with E-state index in [-0.39, 0.29) is 5.69 Å². The van der Waals surface area contributed by atoms with E-state index >= 15 is 0 Å². The van der Waals surface area contributed by atoms with Crippen molar-refractivity contribution in [2.24, 2.45) is 0 Å². The minimum Gasteiger partial charge on any atom is -0.477 e. The molecule has 1 fully saturated rings. The number of hydrogen-bond acceptors (Lipinski definition) is 4. The van der Waals surface area contributed by atoms with Crippen LogP contribution in [0.4, 0.5) is 0 Å². The molecular weight excluding hydrogens is 244 g/mol. The van der Waals surface area contributed by atoms with Gasteiger partial charge in [-0.2, -0.15) is 0 Å². The van der Waals surface area contributed by atoms with Crippen molar-refractivity contribution in [3.05, 3.63) is 29.6 Å². The Bertz CT molecular complexity index is 430. The van der Waals surface area contributed by atoms with Crippen molar-refractivity contribution in [1.82, 2.24) is 9.88 Å². The van der Waals surface area contributed by atoms with E-state index in [9.17, 15) is 4.79 Å². The summed E-state index contributed by atoms with van der Waals surface area (Å²) in [5.74, 6) is -0.986. The Morgan fingerprint density at radius 1 is 1.53 bits per heavy atom. The standard InChI is InChI=1S/C14H20N2O3/c1-16(10-12-6-2-3-8-19-12)9-11-5-4-7-13(15-11)14(17)18/h4-5,7,12H,2-3,6,8-10H2,1H3,(H,17,18). The fourth-order valence-electron chi connectivity index (χ4n) is 2.33. The Balaban J connectivity index is 1.88. The molecule has 0 bridgehead atoms. The number of likely N-dealkylation sites (N-methyl/N-ethyl adjacent to an activating group) is 1. The van der Waals surface area contributed by atoms with Crippen LogP contribution in [0.15, 0.2) is 18.2 Å². The number of pyridine rings is 1. The highest BCUT2D eigenvalue weighted by atomic mass is 16.5. The molecule has 19 heavy (non-hydrogen) atoms. The first-order chi connectivity index (χ1) is 9.15. The summed E-state index contributed by atoms with van der Waals surface area (Å²) >= 11 is 0.